The van der Waals surface area contributed by atoms with Crippen LogP contribution in [0, 0.1) is 0 Å². The fraction of sp³-hybridized carbons (Fsp3) is 1.00. The predicted molar refractivity (Wildman–Crippen MR) is 51.1 cm³/mol. The maximum absolute atomic E-state index is 2.42. The zero-order chi connectivity index (χ0) is 6.24. The number of rotatable bonds is 5. The molecule has 0 nitrogen and oxygen atoms in total. The topological polar surface area (TPSA) is 0 Å². The third-order valence-corrected chi connectivity index (χ3v) is 3.21. The molecule has 0 atom stereocenters. The Hall–Kier alpha value is 1.08. The van der Waals surface area contributed by atoms with E-state index >= 15 is 0 Å². The lowest BCUT2D eigenvalue weighted by Gasteiger charge is -1.93. The van der Waals surface area contributed by atoms with Crippen molar-refractivity contribution in [3.8, 4) is 0 Å². The van der Waals surface area contributed by atoms with E-state index in [1.54, 1.807) is 0 Å². The van der Waals surface area contributed by atoms with Gasteiger partial charge in [-0.3, -0.25) is 0 Å². The molecule has 0 saturated carbocycles. The average molecular weight is 244 g/mol. The standard InChI is InChI=1S/C6H13IS/c1-2-3-5-8-6-4-7/h2-6H2,1H3. The molecule has 0 saturated heterocycles. The first kappa shape index (κ1) is 9.08. The van der Waals surface area contributed by atoms with E-state index in [1.165, 1.54) is 28.8 Å². The van der Waals surface area contributed by atoms with E-state index in [0.29, 0.717) is 0 Å². The van der Waals surface area contributed by atoms with E-state index in [9.17, 15) is 0 Å². The number of unbranched alkanes of at least 4 members (excludes halogenated alkanes) is 1. The Labute approximate surface area is 69.9 Å². The van der Waals surface area contributed by atoms with Gasteiger partial charge < -0.3 is 0 Å². The van der Waals surface area contributed by atoms with Crippen molar-refractivity contribution < 1.29 is 0 Å². The summed E-state index contributed by atoms with van der Waals surface area (Å²) in [5, 5.41) is 0. The Bertz CT molecular complexity index is 33.5. The van der Waals surface area contributed by atoms with E-state index in [2.05, 4.69) is 41.3 Å². The number of hydrogen-bond donors (Lipinski definition) is 0. The van der Waals surface area contributed by atoms with E-state index in [-0.39, 0.29) is 0 Å². The zero-order valence-corrected chi connectivity index (χ0v) is 8.30. The van der Waals surface area contributed by atoms with Gasteiger partial charge in [0, 0.05) is 10.2 Å². The highest BCUT2D eigenvalue weighted by Gasteiger charge is 1.83. The highest BCUT2D eigenvalue weighted by molar-refractivity contribution is 14.1. The molecule has 0 aliphatic heterocycles. The number of thioether (sulfide) groups is 1. The summed E-state index contributed by atoms with van der Waals surface area (Å²) < 4.78 is 1.30. The van der Waals surface area contributed by atoms with Gasteiger partial charge in [-0.05, 0) is 12.2 Å². The third kappa shape index (κ3) is 7.08. The Morgan fingerprint density at radius 2 is 2.12 bits per heavy atom. The summed E-state index contributed by atoms with van der Waals surface area (Å²) in [7, 11) is 0. The lowest BCUT2D eigenvalue weighted by atomic mass is 10.4. The van der Waals surface area contributed by atoms with Gasteiger partial charge in [0.15, 0.2) is 0 Å². The highest BCUT2D eigenvalue weighted by Crippen LogP contribution is 2.04. The van der Waals surface area contributed by atoms with Crippen molar-refractivity contribution in [1.29, 1.82) is 0 Å². The van der Waals surface area contributed by atoms with Gasteiger partial charge in [-0.1, -0.05) is 35.9 Å². The largest absolute Gasteiger partial charge is 0.161 e. The van der Waals surface area contributed by atoms with Crippen LogP contribution in [0.2, 0.25) is 0 Å². The van der Waals surface area contributed by atoms with Crippen LogP contribution in [-0.2, 0) is 0 Å². The van der Waals surface area contributed by atoms with E-state index < -0.39 is 0 Å². The second-order valence-electron chi connectivity index (χ2n) is 1.65. The van der Waals surface area contributed by atoms with Crippen molar-refractivity contribution in [2.75, 3.05) is 15.9 Å². The minimum Gasteiger partial charge on any atom is -0.161 e. The molecule has 0 spiro atoms. The fourth-order valence-electron chi connectivity index (χ4n) is 0.403. The average Bonchev–Trinajstić information content (AvgIpc) is 1.81. The summed E-state index contributed by atoms with van der Waals surface area (Å²) in [4.78, 5) is 0. The summed E-state index contributed by atoms with van der Waals surface area (Å²) >= 11 is 4.49. The van der Waals surface area contributed by atoms with Gasteiger partial charge in [-0.15, -0.1) is 0 Å². The first-order valence-electron chi connectivity index (χ1n) is 3.05. The van der Waals surface area contributed by atoms with Crippen LogP contribution in [0.15, 0.2) is 0 Å². The molecule has 0 aliphatic rings. The minimum absolute atomic E-state index is 1.30. The van der Waals surface area contributed by atoms with Crippen LogP contribution < -0.4 is 0 Å². The minimum atomic E-state index is 1.30. The molecule has 0 radical (unpaired) electrons. The highest BCUT2D eigenvalue weighted by atomic mass is 127. The van der Waals surface area contributed by atoms with Crippen molar-refractivity contribution in [3.63, 3.8) is 0 Å². The Balaban J connectivity index is 2.53. The summed E-state index contributed by atoms with van der Waals surface area (Å²) in [5.74, 6) is 2.69. The quantitative estimate of drug-likeness (QED) is 0.407. The first-order valence-corrected chi connectivity index (χ1v) is 5.73. The Morgan fingerprint density at radius 3 is 2.62 bits per heavy atom. The Kier molecular flexibility index (Phi) is 9.17. The van der Waals surface area contributed by atoms with Crippen LogP contribution in [0.25, 0.3) is 0 Å². The molecule has 0 aromatic heterocycles. The van der Waals surface area contributed by atoms with Crippen molar-refractivity contribution in [2.45, 2.75) is 19.8 Å². The molecule has 0 amide bonds. The molecule has 0 aromatic carbocycles. The normalized spacial score (nSPS) is 9.75. The van der Waals surface area contributed by atoms with Gasteiger partial charge in [0.05, 0.1) is 0 Å². The van der Waals surface area contributed by atoms with Gasteiger partial charge in [-0.25, -0.2) is 0 Å². The van der Waals surface area contributed by atoms with Crippen molar-refractivity contribution in [3.05, 3.63) is 0 Å². The van der Waals surface area contributed by atoms with Gasteiger partial charge in [0.1, 0.15) is 0 Å². The SMILES string of the molecule is CCCCSCCI. The molecule has 0 bridgehead atoms. The first-order chi connectivity index (χ1) is 3.91. The summed E-state index contributed by atoms with van der Waals surface area (Å²) in [5.41, 5.74) is 0. The number of hydrogen-bond acceptors (Lipinski definition) is 1. The molecule has 0 heterocycles. The second-order valence-corrected chi connectivity index (χ2v) is 3.96. The van der Waals surface area contributed by atoms with Gasteiger partial charge in [-0.2, -0.15) is 11.8 Å². The van der Waals surface area contributed by atoms with Crippen molar-refractivity contribution in [1.82, 2.24) is 0 Å². The summed E-state index contributed by atoms with van der Waals surface area (Å²) in [6.45, 7) is 2.24. The van der Waals surface area contributed by atoms with E-state index in [1.807, 2.05) is 0 Å². The van der Waals surface area contributed by atoms with Crippen molar-refractivity contribution in [2.24, 2.45) is 0 Å². The molecule has 0 fully saturated rings. The molecule has 0 rings (SSSR count). The maximum Gasteiger partial charge on any atom is 0.00863 e. The van der Waals surface area contributed by atoms with Gasteiger partial charge >= 0.3 is 0 Å². The monoisotopic (exact) mass is 244 g/mol. The molecule has 0 N–H and O–H groups in total. The maximum atomic E-state index is 2.42. The molecular weight excluding hydrogens is 231 g/mol. The van der Waals surface area contributed by atoms with E-state index in [4.69, 9.17) is 0 Å². The molecule has 0 unspecified atom stereocenters. The Morgan fingerprint density at radius 1 is 1.38 bits per heavy atom. The smallest absolute Gasteiger partial charge is 0.00863 e. The molecule has 50 valence electrons. The van der Waals surface area contributed by atoms with Crippen LogP contribution in [-0.4, -0.2) is 15.9 Å². The predicted octanol–water partition coefficient (Wildman–Crippen LogP) is 2.95. The van der Waals surface area contributed by atoms with Crippen LogP contribution in [0.4, 0.5) is 0 Å². The molecule has 0 aliphatic carbocycles. The number of halogens is 1. The molecule has 8 heavy (non-hydrogen) atoms. The van der Waals surface area contributed by atoms with E-state index in [0.717, 1.165) is 0 Å². The van der Waals surface area contributed by atoms with Crippen LogP contribution >= 0.6 is 34.4 Å². The summed E-state index contributed by atoms with van der Waals surface area (Å²) in [6, 6.07) is 0. The molecule has 0 aromatic rings. The second kappa shape index (κ2) is 8.08. The van der Waals surface area contributed by atoms with Crippen molar-refractivity contribution >= 4 is 34.4 Å². The zero-order valence-electron chi connectivity index (χ0n) is 5.32. The van der Waals surface area contributed by atoms with Crippen LogP contribution in [0.3, 0.4) is 0 Å². The number of alkyl halides is 1. The third-order valence-electron chi connectivity index (χ3n) is 0.864. The van der Waals surface area contributed by atoms with Crippen LogP contribution in [0.5, 0.6) is 0 Å². The molecule has 2 heteroatoms. The van der Waals surface area contributed by atoms with Gasteiger partial charge in [0.2, 0.25) is 0 Å². The van der Waals surface area contributed by atoms with Crippen LogP contribution in [0.1, 0.15) is 19.8 Å². The van der Waals surface area contributed by atoms with Gasteiger partial charge in [0.25, 0.3) is 0 Å². The lowest BCUT2D eigenvalue weighted by Crippen LogP contribution is -1.81. The summed E-state index contributed by atoms with van der Waals surface area (Å²) in [6.07, 6.45) is 2.73. The molecular formula is C6H13IS. The lowest BCUT2D eigenvalue weighted by molar-refractivity contribution is 0.896. The fourth-order valence-corrected chi connectivity index (χ4v) is 2.14.